The first-order valence-corrected chi connectivity index (χ1v) is 19.7. The molecule has 8 nitrogen and oxygen atoms in total. The second kappa shape index (κ2) is 24.3. The Hall–Kier alpha value is -1.12. The number of hydrogen-bond donors (Lipinski definition) is 1. The third-order valence-electron chi connectivity index (χ3n) is 5.98. The van der Waals surface area contributed by atoms with Crippen molar-refractivity contribution in [2.24, 2.45) is 10.9 Å². The fourth-order valence-corrected chi connectivity index (χ4v) is 9.89. The maximum absolute atomic E-state index is 5.88. The van der Waals surface area contributed by atoms with Gasteiger partial charge in [-0.1, -0.05) is 32.0 Å². The molecule has 41 heavy (non-hydrogen) atoms. The molecule has 0 aromatic heterocycles. The van der Waals surface area contributed by atoms with Gasteiger partial charge in [0.25, 0.3) is 0 Å². The van der Waals surface area contributed by atoms with Crippen molar-refractivity contribution in [1.29, 1.82) is 0 Å². The highest BCUT2D eigenvalue weighted by Gasteiger charge is 2.40. The molecule has 10 heteroatoms. The lowest BCUT2D eigenvalue weighted by atomic mass is 10.1. The van der Waals surface area contributed by atoms with Crippen molar-refractivity contribution in [2.45, 2.75) is 107 Å². The first-order valence-electron chi connectivity index (χ1n) is 15.8. The van der Waals surface area contributed by atoms with Crippen molar-refractivity contribution in [1.82, 2.24) is 0 Å². The van der Waals surface area contributed by atoms with Gasteiger partial charge in [-0.2, -0.15) is 0 Å². The first kappa shape index (κ1) is 39.9. The number of rotatable bonds is 23. The summed E-state index contributed by atoms with van der Waals surface area (Å²) in [7, 11) is -4.98. The number of benzene rings is 1. The lowest BCUT2D eigenvalue weighted by Crippen LogP contribution is -2.46. The molecule has 240 valence electrons. The summed E-state index contributed by atoms with van der Waals surface area (Å²) >= 11 is 0. The molecule has 0 aliphatic carbocycles. The normalized spacial score (nSPS) is 13.2. The fraction of sp³-hybridized carbons (Fsp3) is 0.774. The summed E-state index contributed by atoms with van der Waals surface area (Å²) in [6, 6.07) is 12.3. The Bertz CT molecular complexity index is 736. The average Bonchev–Trinajstić information content (AvgIpc) is 2.92. The molecular formula is C31H62N2O6Si2. The minimum Gasteiger partial charge on any atom is -0.383 e. The van der Waals surface area contributed by atoms with Gasteiger partial charge < -0.3 is 31.9 Å². The van der Waals surface area contributed by atoms with Crippen molar-refractivity contribution < 1.29 is 26.6 Å². The second-order valence-corrected chi connectivity index (χ2v) is 15.7. The Labute approximate surface area is 254 Å². The Morgan fingerprint density at radius 2 is 1.15 bits per heavy atom. The van der Waals surface area contributed by atoms with Gasteiger partial charge in [0.1, 0.15) is 0 Å². The van der Waals surface area contributed by atoms with E-state index in [9.17, 15) is 0 Å². The SMILES string of the molecule is CCO[Si](CCC(C)Nc1ccccc1)(OCC)OCC.CCO[Si](CCCN=C(C)CC(C)C)(OCC)OCC. The predicted octanol–water partition coefficient (Wildman–Crippen LogP) is 7.86. The summed E-state index contributed by atoms with van der Waals surface area (Å²) in [6.45, 7) is 25.3. The lowest BCUT2D eigenvalue weighted by molar-refractivity contribution is 0.0699. The largest absolute Gasteiger partial charge is 0.501 e. The molecule has 1 aromatic rings. The van der Waals surface area contributed by atoms with Crippen LogP contribution in [0.15, 0.2) is 35.3 Å². The van der Waals surface area contributed by atoms with Crippen LogP contribution in [-0.4, -0.2) is 75.5 Å². The third-order valence-corrected chi connectivity index (χ3v) is 12.2. The molecule has 1 atom stereocenters. The van der Waals surface area contributed by atoms with Crippen molar-refractivity contribution in [3.8, 4) is 0 Å². The predicted molar refractivity (Wildman–Crippen MR) is 177 cm³/mol. The highest BCUT2D eigenvalue weighted by molar-refractivity contribution is 6.61. The van der Waals surface area contributed by atoms with E-state index < -0.39 is 17.6 Å². The number of para-hydroxylation sites is 1. The van der Waals surface area contributed by atoms with Gasteiger partial charge in [0.05, 0.1) is 0 Å². The Morgan fingerprint density at radius 3 is 1.56 bits per heavy atom. The van der Waals surface area contributed by atoms with E-state index in [1.807, 2.05) is 59.7 Å². The zero-order valence-corrected chi connectivity index (χ0v) is 29.9. The van der Waals surface area contributed by atoms with Gasteiger partial charge in [-0.25, -0.2) is 0 Å². The lowest BCUT2D eigenvalue weighted by Gasteiger charge is -2.29. The quantitative estimate of drug-likeness (QED) is 0.0764. The highest BCUT2D eigenvalue weighted by Crippen LogP contribution is 2.21. The van der Waals surface area contributed by atoms with Crippen LogP contribution in [-0.2, 0) is 26.6 Å². The summed E-state index contributed by atoms with van der Waals surface area (Å²) in [5.41, 5.74) is 2.37. The van der Waals surface area contributed by atoms with Crippen LogP contribution in [0.4, 0.5) is 5.69 Å². The number of nitrogens with one attached hydrogen (secondary N) is 1. The van der Waals surface area contributed by atoms with Gasteiger partial charge in [0.2, 0.25) is 0 Å². The first-order chi connectivity index (χ1) is 19.6. The monoisotopic (exact) mass is 614 g/mol. The van der Waals surface area contributed by atoms with Gasteiger partial charge in [0, 0.05) is 75.7 Å². The fourth-order valence-electron chi connectivity index (χ4n) is 4.51. The van der Waals surface area contributed by atoms with Crippen LogP contribution < -0.4 is 5.32 Å². The molecule has 0 fully saturated rings. The smallest absolute Gasteiger partial charge is 0.383 e. The van der Waals surface area contributed by atoms with Crippen LogP contribution in [0.5, 0.6) is 0 Å². The summed E-state index contributed by atoms with van der Waals surface area (Å²) in [5, 5.41) is 3.50. The van der Waals surface area contributed by atoms with Crippen molar-refractivity contribution in [3.05, 3.63) is 30.3 Å². The molecule has 0 spiro atoms. The molecule has 1 rings (SSSR count). The van der Waals surface area contributed by atoms with Crippen LogP contribution in [0.3, 0.4) is 0 Å². The van der Waals surface area contributed by atoms with Gasteiger partial charge >= 0.3 is 17.6 Å². The van der Waals surface area contributed by atoms with Gasteiger partial charge in [0.15, 0.2) is 0 Å². The maximum Gasteiger partial charge on any atom is 0.501 e. The van der Waals surface area contributed by atoms with Crippen LogP contribution in [0.25, 0.3) is 0 Å². The third kappa shape index (κ3) is 18.9. The van der Waals surface area contributed by atoms with E-state index in [0.29, 0.717) is 51.6 Å². The van der Waals surface area contributed by atoms with E-state index in [2.05, 4.69) is 50.1 Å². The zero-order chi connectivity index (χ0) is 31.0. The average molecular weight is 615 g/mol. The molecule has 0 aliphatic rings. The molecule has 0 bridgehead atoms. The second-order valence-electron chi connectivity index (χ2n) is 10.2. The van der Waals surface area contributed by atoms with Crippen LogP contribution in [0, 0.1) is 5.92 Å². The Kier molecular flexibility index (Phi) is 23.7. The van der Waals surface area contributed by atoms with Crippen LogP contribution in [0.1, 0.15) is 88.5 Å². The van der Waals surface area contributed by atoms with E-state index in [4.69, 9.17) is 26.6 Å². The molecule has 1 aromatic carbocycles. The Balaban J connectivity index is 0.000000782. The molecule has 0 heterocycles. The van der Waals surface area contributed by atoms with E-state index in [1.54, 1.807) is 0 Å². The van der Waals surface area contributed by atoms with Gasteiger partial charge in [-0.15, -0.1) is 0 Å². The van der Waals surface area contributed by atoms with Crippen molar-refractivity contribution in [2.75, 3.05) is 51.5 Å². The highest BCUT2D eigenvalue weighted by atomic mass is 28.4. The summed E-state index contributed by atoms with van der Waals surface area (Å²) in [5.74, 6) is 0.669. The molecule has 0 saturated heterocycles. The number of aliphatic imine (C=N–C) groups is 1. The summed E-state index contributed by atoms with van der Waals surface area (Å²) in [6.07, 6.45) is 2.99. The van der Waals surface area contributed by atoms with Crippen molar-refractivity contribution >= 4 is 29.0 Å². The number of nitrogens with zero attached hydrogens (tertiary/aromatic N) is 1. The molecule has 0 amide bonds. The zero-order valence-electron chi connectivity index (χ0n) is 27.9. The Morgan fingerprint density at radius 1 is 0.707 bits per heavy atom. The van der Waals surface area contributed by atoms with Gasteiger partial charge in [-0.05, 0) is 92.7 Å². The van der Waals surface area contributed by atoms with Crippen molar-refractivity contribution in [3.63, 3.8) is 0 Å². The minimum absolute atomic E-state index is 0.348. The molecular weight excluding hydrogens is 553 g/mol. The van der Waals surface area contributed by atoms with Crippen LogP contribution in [0.2, 0.25) is 12.1 Å². The maximum atomic E-state index is 5.88. The topological polar surface area (TPSA) is 79.8 Å². The molecule has 0 radical (unpaired) electrons. The summed E-state index contributed by atoms with van der Waals surface area (Å²) < 4.78 is 35.1. The molecule has 1 unspecified atom stereocenters. The van der Waals surface area contributed by atoms with Crippen LogP contribution >= 0.6 is 0 Å². The van der Waals surface area contributed by atoms with E-state index in [1.165, 1.54) is 5.71 Å². The van der Waals surface area contributed by atoms with E-state index in [-0.39, 0.29) is 0 Å². The van der Waals surface area contributed by atoms with E-state index >= 15 is 0 Å². The molecule has 0 aliphatic heterocycles. The summed E-state index contributed by atoms with van der Waals surface area (Å²) in [4.78, 5) is 4.62. The molecule has 0 saturated carbocycles. The minimum atomic E-state index is -2.52. The van der Waals surface area contributed by atoms with E-state index in [0.717, 1.165) is 43.6 Å². The van der Waals surface area contributed by atoms with Gasteiger partial charge in [-0.3, -0.25) is 4.99 Å². The number of anilines is 1. The standard InChI is InChI=1S/C16H29NO3Si.C15H33NO3Si/c1-5-18-21(19-6-2,20-7-3)14-13-15(4)17-16-11-9-8-10-12-16;1-7-17-20(18-8-2,19-9-3)12-10-11-16-15(6)13-14(4)5/h8-12,15,17H,5-7,13-14H2,1-4H3;14H,7-13H2,1-6H3. The number of hydrogen-bond acceptors (Lipinski definition) is 8. The molecule has 1 N–H and O–H groups in total.